The van der Waals surface area contributed by atoms with Crippen LogP contribution in [0.3, 0.4) is 0 Å². The fourth-order valence-electron chi connectivity index (χ4n) is 3.10. The topological polar surface area (TPSA) is 43.1 Å². The van der Waals surface area contributed by atoms with Crippen LogP contribution in [0.4, 0.5) is 0 Å². The van der Waals surface area contributed by atoms with Crippen molar-refractivity contribution in [2.24, 2.45) is 0 Å². The first kappa shape index (κ1) is 15.9. The molecule has 27 heavy (non-hydrogen) atoms. The molecule has 0 amide bonds. The van der Waals surface area contributed by atoms with Gasteiger partial charge in [-0.15, -0.1) is 10.2 Å². The standard InChI is InChI=1S/C22H16N4S/c1-3-7-16(8-4-1)15-20-23-24-22-26(20)25-21(27-22)19-13-11-18(12-14-19)17-9-5-2-6-10-17/h1-14H,15H2. The number of fused-ring (bicyclic) bond motifs is 1. The molecule has 5 aromatic rings. The molecule has 0 aliphatic carbocycles. The lowest BCUT2D eigenvalue weighted by atomic mass is 10.0. The number of benzene rings is 3. The van der Waals surface area contributed by atoms with Gasteiger partial charge in [0.1, 0.15) is 5.01 Å². The average molecular weight is 368 g/mol. The predicted molar refractivity (Wildman–Crippen MR) is 109 cm³/mol. The molecule has 5 rings (SSSR count). The van der Waals surface area contributed by atoms with Gasteiger partial charge in [-0.2, -0.15) is 9.61 Å². The summed E-state index contributed by atoms with van der Waals surface area (Å²) in [6.07, 6.45) is 0.720. The molecule has 4 nitrogen and oxygen atoms in total. The van der Waals surface area contributed by atoms with Crippen LogP contribution >= 0.6 is 11.3 Å². The molecule has 0 aliphatic rings. The Kier molecular flexibility index (Phi) is 3.99. The minimum absolute atomic E-state index is 0.720. The molecule has 5 heteroatoms. The normalized spacial score (nSPS) is 11.1. The Balaban J connectivity index is 1.45. The largest absolute Gasteiger partial charge is 0.234 e. The van der Waals surface area contributed by atoms with Gasteiger partial charge in [0, 0.05) is 12.0 Å². The van der Waals surface area contributed by atoms with E-state index in [4.69, 9.17) is 5.10 Å². The van der Waals surface area contributed by atoms with Crippen LogP contribution in [-0.4, -0.2) is 19.8 Å². The van der Waals surface area contributed by atoms with Gasteiger partial charge in [-0.1, -0.05) is 96.3 Å². The van der Waals surface area contributed by atoms with E-state index in [0.717, 1.165) is 27.8 Å². The fraction of sp³-hybridized carbons (Fsp3) is 0.0455. The van der Waals surface area contributed by atoms with Crippen molar-refractivity contribution in [1.82, 2.24) is 19.8 Å². The highest BCUT2D eigenvalue weighted by Crippen LogP contribution is 2.28. The van der Waals surface area contributed by atoms with Crippen LogP contribution in [0.1, 0.15) is 11.4 Å². The second kappa shape index (κ2) is 6.78. The molecule has 0 unspecified atom stereocenters. The molecule has 0 N–H and O–H groups in total. The smallest absolute Gasteiger partial charge is 0.187 e. The number of rotatable bonds is 4. The zero-order valence-electron chi connectivity index (χ0n) is 14.5. The Morgan fingerprint density at radius 3 is 2.04 bits per heavy atom. The van der Waals surface area contributed by atoms with Gasteiger partial charge in [-0.05, 0) is 16.7 Å². The Bertz CT molecular complexity index is 1180. The molecule has 2 aromatic heterocycles. The molecule has 0 atom stereocenters. The van der Waals surface area contributed by atoms with Crippen LogP contribution in [0.2, 0.25) is 0 Å². The molecule has 2 heterocycles. The van der Waals surface area contributed by atoms with E-state index in [1.54, 1.807) is 11.3 Å². The lowest BCUT2D eigenvalue weighted by Gasteiger charge is -2.02. The summed E-state index contributed by atoms with van der Waals surface area (Å²) in [5.74, 6) is 0.861. The molecule has 0 radical (unpaired) electrons. The maximum atomic E-state index is 4.75. The second-order valence-electron chi connectivity index (χ2n) is 6.32. The summed E-state index contributed by atoms with van der Waals surface area (Å²) in [6, 6.07) is 29.2. The van der Waals surface area contributed by atoms with Gasteiger partial charge in [-0.25, -0.2) is 0 Å². The van der Waals surface area contributed by atoms with Gasteiger partial charge in [-0.3, -0.25) is 0 Å². The van der Waals surface area contributed by atoms with Gasteiger partial charge < -0.3 is 0 Å². The van der Waals surface area contributed by atoms with Crippen molar-refractivity contribution in [2.75, 3.05) is 0 Å². The lowest BCUT2D eigenvalue weighted by molar-refractivity contribution is 0.854. The third kappa shape index (κ3) is 3.13. The van der Waals surface area contributed by atoms with Crippen LogP contribution in [0.15, 0.2) is 84.9 Å². The van der Waals surface area contributed by atoms with Crippen molar-refractivity contribution in [3.8, 4) is 21.7 Å². The molecule has 0 aliphatic heterocycles. The van der Waals surface area contributed by atoms with E-state index in [-0.39, 0.29) is 0 Å². The summed E-state index contributed by atoms with van der Waals surface area (Å²) in [6.45, 7) is 0. The van der Waals surface area contributed by atoms with Crippen molar-refractivity contribution in [1.29, 1.82) is 0 Å². The maximum Gasteiger partial charge on any atom is 0.234 e. The molecule has 3 aromatic carbocycles. The van der Waals surface area contributed by atoms with Gasteiger partial charge in [0.15, 0.2) is 5.82 Å². The predicted octanol–water partition coefficient (Wildman–Crippen LogP) is 5.11. The van der Waals surface area contributed by atoms with E-state index in [2.05, 4.69) is 70.9 Å². The molecule has 0 spiro atoms. The van der Waals surface area contributed by atoms with E-state index in [9.17, 15) is 0 Å². The third-order valence-corrected chi connectivity index (χ3v) is 5.45. The zero-order chi connectivity index (χ0) is 18.1. The van der Waals surface area contributed by atoms with Gasteiger partial charge in [0.2, 0.25) is 4.96 Å². The highest BCUT2D eigenvalue weighted by Gasteiger charge is 2.13. The Morgan fingerprint density at radius 2 is 1.30 bits per heavy atom. The summed E-state index contributed by atoms with van der Waals surface area (Å²) in [5.41, 5.74) is 4.71. The van der Waals surface area contributed by atoms with Crippen LogP contribution in [-0.2, 0) is 6.42 Å². The van der Waals surface area contributed by atoms with Gasteiger partial charge in [0.05, 0.1) is 0 Å². The summed E-state index contributed by atoms with van der Waals surface area (Å²) in [4.78, 5) is 0.822. The van der Waals surface area contributed by atoms with E-state index in [0.29, 0.717) is 0 Å². The minimum Gasteiger partial charge on any atom is -0.187 e. The molecule has 0 saturated heterocycles. The average Bonchev–Trinajstić information content (AvgIpc) is 3.32. The molecule has 0 saturated carbocycles. The highest BCUT2D eigenvalue weighted by atomic mass is 32.1. The first-order valence-electron chi connectivity index (χ1n) is 8.78. The van der Waals surface area contributed by atoms with Crippen LogP contribution < -0.4 is 0 Å². The number of nitrogens with zero attached hydrogens (tertiary/aromatic N) is 4. The molecular formula is C22H16N4S. The third-order valence-electron chi connectivity index (χ3n) is 4.50. The van der Waals surface area contributed by atoms with E-state index < -0.39 is 0 Å². The molecule has 0 bridgehead atoms. The summed E-state index contributed by atoms with van der Waals surface area (Å²) in [5, 5.41) is 14.3. The Morgan fingerprint density at radius 1 is 0.667 bits per heavy atom. The first-order chi connectivity index (χ1) is 13.4. The summed E-state index contributed by atoms with van der Waals surface area (Å²) in [7, 11) is 0. The molecular weight excluding hydrogens is 352 g/mol. The van der Waals surface area contributed by atoms with E-state index in [1.165, 1.54) is 16.7 Å². The van der Waals surface area contributed by atoms with Crippen LogP contribution in [0.5, 0.6) is 0 Å². The van der Waals surface area contributed by atoms with E-state index in [1.807, 2.05) is 28.8 Å². The maximum absolute atomic E-state index is 4.75. The van der Waals surface area contributed by atoms with Gasteiger partial charge >= 0.3 is 0 Å². The zero-order valence-corrected chi connectivity index (χ0v) is 15.3. The van der Waals surface area contributed by atoms with Gasteiger partial charge in [0.25, 0.3) is 0 Å². The Labute approximate surface area is 160 Å². The minimum atomic E-state index is 0.720. The lowest BCUT2D eigenvalue weighted by Crippen LogP contribution is -1.97. The second-order valence-corrected chi connectivity index (χ2v) is 7.28. The van der Waals surface area contributed by atoms with Crippen molar-refractivity contribution in [3.05, 3.63) is 96.3 Å². The van der Waals surface area contributed by atoms with Crippen molar-refractivity contribution in [3.63, 3.8) is 0 Å². The van der Waals surface area contributed by atoms with Crippen LogP contribution in [0, 0.1) is 0 Å². The van der Waals surface area contributed by atoms with Crippen molar-refractivity contribution >= 4 is 16.3 Å². The van der Waals surface area contributed by atoms with E-state index >= 15 is 0 Å². The Hall–Kier alpha value is -3.31. The van der Waals surface area contributed by atoms with Crippen molar-refractivity contribution < 1.29 is 0 Å². The highest BCUT2D eigenvalue weighted by molar-refractivity contribution is 7.19. The number of hydrogen-bond acceptors (Lipinski definition) is 4. The number of hydrogen-bond donors (Lipinski definition) is 0. The summed E-state index contributed by atoms with van der Waals surface area (Å²) < 4.78 is 1.86. The van der Waals surface area contributed by atoms with Crippen LogP contribution in [0.25, 0.3) is 26.7 Å². The quantitative estimate of drug-likeness (QED) is 0.443. The first-order valence-corrected chi connectivity index (χ1v) is 9.59. The number of aromatic nitrogens is 4. The summed E-state index contributed by atoms with van der Waals surface area (Å²) >= 11 is 1.56. The van der Waals surface area contributed by atoms with Crippen molar-refractivity contribution in [2.45, 2.75) is 6.42 Å². The fourth-order valence-corrected chi connectivity index (χ4v) is 3.96. The SMILES string of the molecule is c1ccc(Cc2nnc3sc(-c4ccc(-c5ccccc5)cc4)nn23)cc1. The monoisotopic (exact) mass is 368 g/mol. The molecule has 130 valence electrons. The molecule has 0 fully saturated rings.